The lowest BCUT2D eigenvalue weighted by Crippen LogP contribution is -2.45. The minimum Gasteiger partial charge on any atom is -0.467 e. The van der Waals surface area contributed by atoms with Gasteiger partial charge in [-0.25, -0.2) is 9.18 Å². The van der Waals surface area contributed by atoms with Gasteiger partial charge in [-0.1, -0.05) is 30.2 Å². The third kappa shape index (κ3) is 5.39. The highest BCUT2D eigenvalue weighted by Crippen LogP contribution is 2.48. The monoisotopic (exact) mass is 494 g/mol. The lowest BCUT2D eigenvalue weighted by molar-refractivity contribution is 0.0159. The molecule has 7 heteroatoms. The molecule has 0 aliphatic heterocycles. The van der Waals surface area contributed by atoms with Crippen LogP contribution in [0.25, 0.3) is 0 Å². The molecule has 0 bridgehead atoms. The van der Waals surface area contributed by atoms with Gasteiger partial charge < -0.3 is 14.3 Å². The number of aryl methyl sites for hydroxylation is 1. The topological polar surface area (TPSA) is 59.7 Å². The SMILES string of the molecule is COC(=O)c1ccc(CCC[C@H]2CC[C@H](F)[C@@H]2/C=C/CC(O)C2(c3cc(Cl)co3)CCC2)s1. The molecule has 2 fully saturated rings. The van der Waals surface area contributed by atoms with Crippen LogP contribution < -0.4 is 0 Å². The maximum absolute atomic E-state index is 14.6. The zero-order valence-electron chi connectivity index (χ0n) is 19.0. The second-order valence-electron chi connectivity index (χ2n) is 9.40. The van der Waals surface area contributed by atoms with Crippen LogP contribution in [0.2, 0.25) is 5.02 Å². The number of methoxy groups -OCH3 is 1. The van der Waals surface area contributed by atoms with Crippen molar-refractivity contribution < 1.29 is 23.4 Å². The second-order valence-corrected chi connectivity index (χ2v) is 11.0. The number of rotatable bonds is 10. The Morgan fingerprint density at radius 1 is 1.42 bits per heavy atom. The van der Waals surface area contributed by atoms with Crippen LogP contribution in [0.5, 0.6) is 0 Å². The number of carbonyl (C=O) groups is 1. The van der Waals surface area contributed by atoms with Crippen LogP contribution in [0.3, 0.4) is 0 Å². The predicted molar refractivity (Wildman–Crippen MR) is 129 cm³/mol. The largest absolute Gasteiger partial charge is 0.467 e. The van der Waals surface area contributed by atoms with Crippen molar-refractivity contribution in [3.8, 4) is 0 Å². The van der Waals surface area contributed by atoms with E-state index in [0.29, 0.717) is 28.7 Å². The van der Waals surface area contributed by atoms with Gasteiger partial charge >= 0.3 is 5.97 Å². The van der Waals surface area contributed by atoms with E-state index in [-0.39, 0.29) is 17.3 Å². The van der Waals surface area contributed by atoms with Gasteiger partial charge in [0.2, 0.25) is 0 Å². The molecule has 4 nitrogen and oxygen atoms in total. The summed E-state index contributed by atoms with van der Waals surface area (Å²) in [4.78, 5) is 13.4. The maximum Gasteiger partial charge on any atom is 0.348 e. The number of furan rings is 1. The first-order chi connectivity index (χ1) is 15.9. The van der Waals surface area contributed by atoms with E-state index in [0.717, 1.165) is 55.6 Å². The Labute approximate surface area is 203 Å². The fraction of sp³-hybridized carbons (Fsp3) is 0.577. The number of ether oxygens (including phenoxy) is 1. The first-order valence-electron chi connectivity index (χ1n) is 11.8. The van der Waals surface area contributed by atoms with Crippen LogP contribution in [-0.2, 0) is 16.6 Å². The molecule has 33 heavy (non-hydrogen) atoms. The Kier molecular flexibility index (Phi) is 7.98. The molecule has 1 N–H and O–H groups in total. The molecule has 2 heterocycles. The number of aliphatic hydroxyl groups excluding tert-OH is 1. The zero-order valence-corrected chi connectivity index (χ0v) is 20.5. The first kappa shape index (κ1) is 24.5. The number of hydrogen-bond donors (Lipinski definition) is 1. The molecular formula is C26H32ClFO4S. The van der Waals surface area contributed by atoms with E-state index in [1.54, 1.807) is 12.1 Å². The summed E-state index contributed by atoms with van der Waals surface area (Å²) in [5.41, 5.74) is -0.370. The van der Waals surface area contributed by atoms with Crippen LogP contribution in [-0.4, -0.2) is 30.5 Å². The highest BCUT2D eigenvalue weighted by atomic mass is 35.5. The average Bonchev–Trinajstić information content (AvgIpc) is 3.49. The molecule has 180 valence electrons. The number of thiophene rings is 1. The summed E-state index contributed by atoms with van der Waals surface area (Å²) in [6.07, 6.45) is 11.7. The summed E-state index contributed by atoms with van der Waals surface area (Å²) in [6, 6.07) is 5.59. The Hall–Kier alpha value is -1.63. The summed E-state index contributed by atoms with van der Waals surface area (Å²) >= 11 is 7.50. The van der Waals surface area contributed by atoms with Gasteiger partial charge in [0, 0.05) is 10.8 Å². The van der Waals surface area contributed by atoms with Crippen molar-refractivity contribution in [2.45, 2.75) is 75.5 Å². The summed E-state index contributed by atoms with van der Waals surface area (Å²) < 4.78 is 25.0. The van der Waals surface area contributed by atoms with Crippen LogP contribution in [0.4, 0.5) is 4.39 Å². The Bertz CT molecular complexity index is 963. The Morgan fingerprint density at radius 3 is 2.91 bits per heavy atom. The molecular weight excluding hydrogens is 463 g/mol. The van der Waals surface area contributed by atoms with Crippen LogP contribution >= 0.6 is 22.9 Å². The molecule has 0 radical (unpaired) electrons. The molecule has 0 aromatic carbocycles. The van der Waals surface area contributed by atoms with E-state index in [1.807, 2.05) is 18.2 Å². The number of aliphatic hydroxyl groups is 1. The van der Waals surface area contributed by atoms with E-state index >= 15 is 0 Å². The van der Waals surface area contributed by atoms with Crippen LogP contribution in [0.15, 0.2) is 41.0 Å². The Morgan fingerprint density at radius 2 is 2.24 bits per heavy atom. The molecule has 0 spiro atoms. The number of allylic oxidation sites excluding steroid dienone is 1. The first-order valence-corrected chi connectivity index (χ1v) is 13.0. The fourth-order valence-electron chi connectivity index (χ4n) is 5.39. The molecule has 2 aromatic rings. The summed E-state index contributed by atoms with van der Waals surface area (Å²) in [7, 11) is 1.39. The average molecular weight is 495 g/mol. The van der Waals surface area contributed by atoms with E-state index in [4.69, 9.17) is 20.8 Å². The van der Waals surface area contributed by atoms with Crippen molar-refractivity contribution in [1.29, 1.82) is 0 Å². The minimum absolute atomic E-state index is 0.0958. The number of halogens is 2. The summed E-state index contributed by atoms with van der Waals surface area (Å²) in [5, 5.41) is 11.5. The maximum atomic E-state index is 14.6. The van der Waals surface area contributed by atoms with Gasteiger partial charge in [-0.05, 0) is 75.5 Å². The Balaban J connectivity index is 1.29. The van der Waals surface area contributed by atoms with Gasteiger partial charge in [-0.2, -0.15) is 0 Å². The minimum atomic E-state index is -0.822. The van der Waals surface area contributed by atoms with E-state index in [9.17, 15) is 14.3 Å². The number of esters is 1. The number of alkyl halides is 1. The lowest BCUT2D eigenvalue weighted by Gasteiger charge is -2.43. The quantitative estimate of drug-likeness (QED) is 0.288. The van der Waals surface area contributed by atoms with Gasteiger partial charge in [0.25, 0.3) is 0 Å². The van der Waals surface area contributed by atoms with Crippen molar-refractivity contribution in [2.24, 2.45) is 11.8 Å². The summed E-state index contributed by atoms with van der Waals surface area (Å²) in [6.45, 7) is 0. The lowest BCUT2D eigenvalue weighted by atomic mass is 9.63. The van der Waals surface area contributed by atoms with Crippen molar-refractivity contribution >= 4 is 28.9 Å². The number of hydrogen-bond acceptors (Lipinski definition) is 5. The van der Waals surface area contributed by atoms with E-state index < -0.39 is 12.3 Å². The molecule has 2 aliphatic rings. The number of carbonyl (C=O) groups excluding carboxylic acids is 1. The van der Waals surface area contributed by atoms with Gasteiger partial charge in [-0.15, -0.1) is 11.3 Å². The molecule has 2 aromatic heterocycles. The van der Waals surface area contributed by atoms with Crippen LogP contribution in [0, 0.1) is 11.8 Å². The second kappa shape index (κ2) is 10.7. The van der Waals surface area contributed by atoms with Crippen molar-refractivity contribution in [1.82, 2.24) is 0 Å². The standard InChI is InChI=1S/C26H32ClFO4S/c1-31-25(30)22-12-10-19(33-22)6-2-5-17-9-11-21(28)20(17)7-3-8-23(29)26(13-4-14-26)24-15-18(27)16-32-24/h3,7,10,12,15-17,20-21,23,29H,2,4-6,8-9,11,13-14H2,1H3/b7-3+/t17-,20+,21-,23?/m0/s1. The molecule has 1 unspecified atom stereocenters. The molecule has 2 aliphatic carbocycles. The zero-order chi connectivity index (χ0) is 23.4. The van der Waals surface area contributed by atoms with Gasteiger partial charge in [0.15, 0.2) is 0 Å². The molecule has 4 atom stereocenters. The van der Waals surface area contributed by atoms with Crippen molar-refractivity contribution in [3.05, 3.63) is 57.2 Å². The molecule has 0 amide bonds. The highest BCUT2D eigenvalue weighted by molar-refractivity contribution is 7.13. The summed E-state index contributed by atoms with van der Waals surface area (Å²) in [5.74, 6) is 0.677. The molecule has 2 saturated carbocycles. The van der Waals surface area contributed by atoms with E-state index in [1.165, 1.54) is 24.7 Å². The molecule has 0 saturated heterocycles. The third-order valence-electron chi connectivity index (χ3n) is 7.48. The highest BCUT2D eigenvalue weighted by Gasteiger charge is 2.47. The van der Waals surface area contributed by atoms with Crippen molar-refractivity contribution in [2.75, 3.05) is 7.11 Å². The molecule has 4 rings (SSSR count). The normalized spacial score (nSPS) is 25.3. The smallest absolute Gasteiger partial charge is 0.348 e. The predicted octanol–water partition coefficient (Wildman–Crippen LogP) is 6.90. The van der Waals surface area contributed by atoms with Crippen LogP contribution in [0.1, 0.15) is 71.7 Å². The van der Waals surface area contributed by atoms with Crippen molar-refractivity contribution in [3.63, 3.8) is 0 Å². The fourth-order valence-corrected chi connectivity index (χ4v) is 6.51. The van der Waals surface area contributed by atoms with Gasteiger partial charge in [-0.3, -0.25) is 0 Å². The third-order valence-corrected chi connectivity index (χ3v) is 8.80. The van der Waals surface area contributed by atoms with E-state index in [2.05, 4.69) is 0 Å². The van der Waals surface area contributed by atoms with Gasteiger partial charge in [0.05, 0.1) is 23.7 Å². The van der Waals surface area contributed by atoms with Gasteiger partial charge in [0.1, 0.15) is 23.1 Å².